The molecule has 0 atom stereocenters. The average Bonchev–Trinajstić information content (AvgIpc) is 2.50. The molecule has 1 heterocycles. The second kappa shape index (κ2) is 6.96. The Kier molecular flexibility index (Phi) is 5.24. The zero-order chi connectivity index (χ0) is 16.3. The molecular formula is C14H9Cl3N2O3. The van der Waals surface area contributed by atoms with E-state index in [9.17, 15) is 9.59 Å². The summed E-state index contributed by atoms with van der Waals surface area (Å²) in [7, 11) is 1.23. The van der Waals surface area contributed by atoms with Crippen LogP contribution in [0.25, 0.3) is 0 Å². The van der Waals surface area contributed by atoms with Crippen LogP contribution in [-0.4, -0.2) is 24.0 Å². The summed E-state index contributed by atoms with van der Waals surface area (Å²) in [4.78, 5) is 27.5. The number of rotatable bonds is 3. The van der Waals surface area contributed by atoms with Crippen molar-refractivity contribution in [3.63, 3.8) is 0 Å². The van der Waals surface area contributed by atoms with Gasteiger partial charge in [-0.05, 0) is 24.3 Å². The third kappa shape index (κ3) is 3.68. The van der Waals surface area contributed by atoms with Crippen molar-refractivity contribution in [1.82, 2.24) is 4.98 Å². The number of ether oxygens (including phenoxy) is 1. The predicted molar refractivity (Wildman–Crippen MR) is 85.0 cm³/mol. The van der Waals surface area contributed by atoms with Gasteiger partial charge < -0.3 is 10.1 Å². The van der Waals surface area contributed by atoms with Crippen molar-refractivity contribution in [2.75, 3.05) is 12.4 Å². The monoisotopic (exact) mass is 358 g/mol. The smallest absolute Gasteiger partial charge is 0.356 e. The number of amides is 1. The number of carbonyl (C=O) groups is 2. The molecule has 2 rings (SSSR count). The molecule has 1 aromatic carbocycles. The molecule has 0 aliphatic heterocycles. The van der Waals surface area contributed by atoms with Crippen LogP contribution >= 0.6 is 34.8 Å². The van der Waals surface area contributed by atoms with Gasteiger partial charge in [0.25, 0.3) is 5.91 Å². The van der Waals surface area contributed by atoms with E-state index in [1.165, 1.54) is 37.4 Å². The third-order valence-electron chi connectivity index (χ3n) is 2.62. The summed E-state index contributed by atoms with van der Waals surface area (Å²) in [5.74, 6) is -1.21. The van der Waals surface area contributed by atoms with Crippen LogP contribution < -0.4 is 5.32 Å². The number of hydrogen-bond acceptors (Lipinski definition) is 4. The molecule has 0 radical (unpaired) electrons. The van der Waals surface area contributed by atoms with Crippen molar-refractivity contribution < 1.29 is 14.3 Å². The molecule has 0 fully saturated rings. The lowest BCUT2D eigenvalue weighted by atomic mass is 10.2. The summed E-state index contributed by atoms with van der Waals surface area (Å²) in [5.41, 5.74) is 0.247. The summed E-state index contributed by atoms with van der Waals surface area (Å²) < 4.78 is 4.55. The van der Waals surface area contributed by atoms with Gasteiger partial charge in [-0.2, -0.15) is 0 Å². The number of pyridine rings is 1. The van der Waals surface area contributed by atoms with Crippen LogP contribution in [0.15, 0.2) is 30.3 Å². The Labute approximate surface area is 141 Å². The normalized spacial score (nSPS) is 10.2. The molecule has 1 amide bonds. The van der Waals surface area contributed by atoms with Crippen molar-refractivity contribution in [3.8, 4) is 0 Å². The van der Waals surface area contributed by atoms with Crippen LogP contribution in [0.4, 0.5) is 5.69 Å². The van der Waals surface area contributed by atoms with Crippen molar-refractivity contribution in [2.45, 2.75) is 0 Å². The maximum Gasteiger partial charge on any atom is 0.356 e. The van der Waals surface area contributed by atoms with Crippen molar-refractivity contribution in [3.05, 3.63) is 56.8 Å². The van der Waals surface area contributed by atoms with E-state index in [0.717, 1.165) is 0 Å². The molecule has 2 aromatic rings. The Morgan fingerprint density at radius 1 is 1.09 bits per heavy atom. The first-order chi connectivity index (χ1) is 10.4. The van der Waals surface area contributed by atoms with Crippen molar-refractivity contribution in [2.24, 2.45) is 0 Å². The molecule has 22 heavy (non-hydrogen) atoms. The molecule has 114 valence electrons. The van der Waals surface area contributed by atoms with E-state index in [-0.39, 0.29) is 27.1 Å². The number of methoxy groups -OCH3 is 1. The molecule has 0 unspecified atom stereocenters. The molecular weight excluding hydrogens is 351 g/mol. The van der Waals surface area contributed by atoms with Crippen molar-refractivity contribution in [1.29, 1.82) is 0 Å². The van der Waals surface area contributed by atoms with Crippen LogP contribution in [0, 0.1) is 0 Å². The molecule has 1 N–H and O–H groups in total. The Morgan fingerprint density at radius 3 is 2.27 bits per heavy atom. The average molecular weight is 360 g/mol. The fourth-order valence-electron chi connectivity index (χ4n) is 1.62. The van der Waals surface area contributed by atoms with Gasteiger partial charge in [0, 0.05) is 5.02 Å². The zero-order valence-corrected chi connectivity index (χ0v) is 13.5. The summed E-state index contributed by atoms with van der Waals surface area (Å²) in [6.45, 7) is 0. The fourth-order valence-corrected chi connectivity index (χ4v) is 2.53. The van der Waals surface area contributed by atoms with E-state index in [2.05, 4.69) is 15.0 Å². The molecule has 0 saturated heterocycles. The van der Waals surface area contributed by atoms with Gasteiger partial charge in [0.05, 0.1) is 22.8 Å². The summed E-state index contributed by atoms with van der Waals surface area (Å²) in [5, 5.41) is 3.26. The maximum atomic E-state index is 12.2. The predicted octanol–water partition coefficient (Wildman–Crippen LogP) is 4.08. The number of esters is 1. The number of aromatic nitrogens is 1. The Morgan fingerprint density at radius 2 is 1.68 bits per heavy atom. The second-order valence-electron chi connectivity index (χ2n) is 4.10. The van der Waals surface area contributed by atoms with Gasteiger partial charge in [0.2, 0.25) is 0 Å². The van der Waals surface area contributed by atoms with Gasteiger partial charge in [-0.3, -0.25) is 4.79 Å². The SMILES string of the molecule is COC(=O)c1cccc(C(=O)Nc2c(Cl)cc(Cl)cc2Cl)n1. The summed E-state index contributed by atoms with van der Waals surface area (Å²) in [6.07, 6.45) is 0. The van der Waals surface area contributed by atoms with Gasteiger partial charge in [-0.15, -0.1) is 0 Å². The number of hydrogen-bond donors (Lipinski definition) is 1. The Balaban J connectivity index is 2.29. The fraction of sp³-hybridized carbons (Fsp3) is 0.0714. The van der Waals surface area contributed by atoms with Gasteiger partial charge in [0.1, 0.15) is 11.4 Å². The molecule has 5 nitrogen and oxygen atoms in total. The van der Waals surface area contributed by atoms with Crippen molar-refractivity contribution >= 4 is 52.4 Å². The number of benzene rings is 1. The van der Waals surface area contributed by atoms with E-state index in [1.807, 2.05) is 0 Å². The second-order valence-corrected chi connectivity index (χ2v) is 5.35. The van der Waals surface area contributed by atoms with Gasteiger partial charge in [-0.1, -0.05) is 40.9 Å². The van der Waals surface area contributed by atoms with Gasteiger partial charge >= 0.3 is 5.97 Å². The van der Waals surface area contributed by atoms with Crippen LogP contribution in [0.1, 0.15) is 21.0 Å². The van der Waals surface area contributed by atoms with Crippen LogP contribution in [0.5, 0.6) is 0 Å². The van der Waals surface area contributed by atoms with E-state index in [4.69, 9.17) is 34.8 Å². The molecule has 0 bridgehead atoms. The highest BCUT2D eigenvalue weighted by Gasteiger charge is 2.16. The number of nitrogens with zero attached hydrogens (tertiary/aromatic N) is 1. The highest BCUT2D eigenvalue weighted by Crippen LogP contribution is 2.33. The third-order valence-corrected chi connectivity index (χ3v) is 3.44. The first-order valence-corrected chi connectivity index (χ1v) is 7.07. The van der Waals surface area contributed by atoms with E-state index in [1.54, 1.807) is 0 Å². The minimum atomic E-state index is -0.641. The van der Waals surface area contributed by atoms with Gasteiger partial charge in [-0.25, -0.2) is 9.78 Å². The highest BCUT2D eigenvalue weighted by molar-refractivity contribution is 6.42. The van der Waals surface area contributed by atoms with E-state index >= 15 is 0 Å². The minimum absolute atomic E-state index is 0.0171. The Hall–Kier alpha value is -1.82. The molecule has 8 heteroatoms. The van der Waals surface area contributed by atoms with Gasteiger partial charge in [0.15, 0.2) is 0 Å². The van der Waals surface area contributed by atoms with E-state index < -0.39 is 11.9 Å². The first kappa shape index (κ1) is 16.5. The lowest BCUT2D eigenvalue weighted by Gasteiger charge is -2.10. The first-order valence-electron chi connectivity index (χ1n) is 5.93. The lowest BCUT2D eigenvalue weighted by Crippen LogP contribution is -2.16. The maximum absolute atomic E-state index is 12.2. The van der Waals surface area contributed by atoms with Crippen LogP contribution in [-0.2, 0) is 4.74 Å². The number of halogens is 3. The topological polar surface area (TPSA) is 68.3 Å². The van der Waals surface area contributed by atoms with Crippen LogP contribution in [0.3, 0.4) is 0 Å². The number of nitrogens with one attached hydrogen (secondary N) is 1. The minimum Gasteiger partial charge on any atom is -0.464 e. The molecule has 0 aliphatic rings. The Bertz CT molecular complexity index is 727. The zero-order valence-electron chi connectivity index (χ0n) is 11.2. The highest BCUT2D eigenvalue weighted by atomic mass is 35.5. The molecule has 0 aliphatic carbocycles. The molecule has 0 saturated carbocycles. The summed E-state index contributed by atoms with van der Waals surface area (Å²) in [6, 6.07) is 7.29. The number of anilines is 1. The van der Waals surface area contributed by atoms with E-state index in [0.29, 0.717) is 5.02 Å². The summed E-state index contributed by atoms with van der Waals surface area (Å²) >= 11 is 17.8. The molecule has 1 aromatic heterocycles. The molecule has 0 spiro atoms. The number of carbonyl (C=O) groups excluding carboxylic acids is 2. The standard InChI is InChI=1S/C14H9Cl3N2O3/c1-22-14(21)11-4-2-3-10(18-11)13(20)19-12-8(16)5-7(15)6-9(12)17/h2-6H,1H3,(H,19,20). The van der Waals surface area contributed by atoms with Crippen LogP contribution in [0.2, 0.25) is 15.1 Å². The lowest BCUT2D eigenvalue weighted by molar-refractivity contribution is 0.0594. The largest absolute Gasteiger partial charge is 0.464 e. The quantitative estimate of drug-likeness (QED) is 0.838.